The summed E-state index contributed by atoms with van der Waals surface area (Å²) in [4.78, 5) is 7.32. The molecule has 0 spiro atoms. The topological polar surface area (TPSA) is 42.4 Å². The van der Waals surface area contributed by atoms with Gasteiger partial charge in [0.15, 0.2) is 14.4 Å². The molecule has 0 aliphatic rings. The molecule has 5 heteroatoms. The molecule has 0 fully saturated rings. The molecule has 0 N–H and O–H groups in total. The lowest BCUT2D eigenvalue weighted by molar-refractivity contribution is 0.623. The first-order chi connectivity index (χ1) is 27.7. The second-order valence-electron chi connectivity index (χ2n) is 14.1. The van der Waals surface area contributed by atoms with Crippen molar-refractivity contribution in [2.75, 3.05) is 4.90 Å². The van der Waals surface area contributed by atoms with E-state index in [0.29, 0.717) is 5.89 Å². The van der Waals surface area contributed by atoms with E-state index in [-0.39, 0.29) is 0 Å². The predicted octanol–water partition coefficient (Wildman–Crippen LogP) is 11.7. The molecule has 263 valence electrons. The first kappa shape index (κ1) is 32.2. The molecule has 56 heavy (non-hydrogen) atoms. The number of oxazole rings is 1. The summed E-state index contributed by atoms with van der Waals surface area (Å²) in [6.45, 7) is 0. The lowest BCUT2D eigenvalue weighted by Gasteiger charge is -2.27. The summed E-state index contributed by atoms with van der Waals surface area (Å²) in [6.07, 6.45) is 0. The number of hydrogen-bond acceptors (Lipinski definition) is 4. The van der Waals surface area contributed by atoms with Crippen molar-refractivity contribution in [3.05, 3.63) is 200 Å². The van der Waals surface area contributed by atoms with Crippen LogP contribution in [0.4, 0.5) is 17.1 Å². The van der Waals surface area contributed by atoms with Crippen molar-refractivity contribution >= 4 is 96.0 Å². The first-order valence-electron chi connectivity index (χ1n) is 18.9. The molecule has 1 radical (unpaired) electrons. The lowest BCUT2D eigenvalue weighted by atomic mass is 10.00. The fourth-order valence-corrected chi connectivity index (χ4v) is 10.8. The number of anilines is 3. The van der Waals surface area contributed by atoms with Gasteiger partial charge in [0.2, 0.25) is 5.89 Å². The number of hydrogen-bond donors (Lipinski definition) is 0. The average molecular weight is 734 g/mol. The van der Waals surface area contributed by atoms with Crippen LogP contribution >= 0.6 is 0 Å². The number of benzene rings is 9. The maximum atomic E-state index is 6.62. The molecule has 0 amide bonds. The monoisotopic (exact) mass is 733 g/mol. The van der Waals surface area contributed by atoms with E-state index in [9.17, 15) is 0 Å². The highest BCUT2D eigenvalue weighted by atomic mass is 28.3. The van der Waals surface area contributed by atoms with Gasteiger partial charge in [-0.2, -0.15) is 0 Å². The molecular weight excluding hydrogens is 701 g/mol. The largest absolute Gasteiger partial charge is 0.456 e. The fourth-order valence-electron chi connectivity index (χ4n) is 8.16. The predicted molar refractivity (Wildman–Crippen MR) is 234 cm³/mol. The minimum absolute atomic E-state index is 0.620. The summed E-state index contributed by atoms with van der Waals surface area (Å²) in [5.41, 5.74) is 7.52. The normalized spacial score (nSPS) is 11.7. The lowest BCUT2D eigenvalue weighted by Crippen LogP contribution is -2.51. The highest BCUT2D eigenvalue weighted by molar-refractivity contribution is 6.95. The van der Waals surface area contributed by atoms with E-state index in [1.165, 1.54) is 15.6 Å². The number of para-hydroxylation sites is 1. The summed E-state index contributed by atoms with van der Waals surface area (Å²) in [5.74, 6) is 0.620. The second-order valence-corrected chi connectivity index (χ2v) is 16.6. The maximum Gasteiger partial charge on any atom is 0.227 e. The van der Waals surface area contributed by atoms with Gasteiger partial charge in [-0.05, 0) is 88.1 Å². The number of rotatable bonds is 7. The van der Waals surface area contributed by atoms with Crippen LogP contribution in [0.2, 0.25) is 0 Å². The Balaban J connectivity index is 1.14. The van der Waals surface area contributed by atoms with Crippen molar-refractivity contribution in [1.29, 1.82) is 0 Å². The van der Waals surface area contributed by atoms with E-state index < -0.39 is 8.80 Å². The van der Waals surface area contributed by atoms with Crippen molar-refractivity contribution < 1.29 is 8.83 Å². The van der Waals surface area contributed by atoms with E-state index in [0.717, 1.165) is 77.2 Å². The molecule has 0 bridgehead atoms. The van der Waals surface area contributed by atoms with Gasteiger partial charge in [-0.25, -0.2) is 4.98 Å². The standard InChI is InChI=1S/C51H33N2O2Si/c1-4-13-36(14-5-1)51-52-46-29-26-35-24-23-34-25-27-38(32-44(34)49(35)50(46)55-51)53(39-28-30-48-45(33-39)43-21-10-11-22-47(43)54-48)37-15-12-20-42(31-37)56(40-16-6-2-7-17-40)41-18-8-3-9-19-41/h1-33H. The van der Waals surface area contributed by atoms with Crippen LogP contribution in [0.15, 0.2) is 209 Å². The number of nitrogens with zero attached hydrogens (tertiary/aromatic N) is 2. The molecule has 2 aromatic heterocycles. The molecule has 0 unspecified atom stereocenters. The molecule has 11 rings (SSSR count). The minimum Gasteiger partial charge on any atom is -0.456 e. The molecule has 0 saturated carbocycles. The van der Waals surface area contributed by atoms with Crippen LogP contribution in [0.1, 0.15) is 0 Å². The summed E-state index contributed by atoms with van der Waals surface area (Å²) in [6, 6.07) is 71.3. The van der Waals surface area contributed by atoms with E-state index >= 15 is 0 Å². The van der Waals surface area contributed by atoms with Crippen molar-refractivity contribution in [2.24, 2.45) is 0 Å². The van der Waals surface area contributed by atoms with Crippen LogP contribution in [-0.2, 0) is 0 Å². The van der Waals surface area contributed by atoms with Gasteiger partial charge in [0.25, 0.3) is 0 Å². The van der Waals surface area contributed by atoms with Crippen LogP contribution < -0.4 is 20.5 Å². The van der Waals surface area contributed by atoms with Crippen molar-refractivity contribution in [2.45, 2.75) is 0 Å². The molecule has 2 heterocycles. The van der Waals surface area contributed by atoms with Gasteiger partial charge < -0.3 is 13.7 Å². The van der Waals surface area contributed by atoms with Crippen LogP contribution in [0.3, 0.4) is 0 Å². The third kappa shape index (κ3) is 5.48. The van der Waals surface area contributed by atoms with Gasteiger partial charge in [0, 0.05) is 38.8 Å². The van der Waals surface area contributed by atoms with Crippen molar-refractivity contribution in [3.8, 4) is 11.5 Å². The van der Waals surface area contributed by atoms with Crippen LogP contribution in [0.25, 0.3) is 66.0 Å². The van der Waals surface area contributed by atoms with Gasteiger partial charge in [0.05, 0.1) is 0 Å². The SMILES string of the molecule is c1ccc(-c2nc3ccc4ccc5ccc(N(c6cccc([Si](c7ccccc7)c7ccccc7)c6)c6ccc7oc8ccccc8c7c6)cc5c4c3o2)cc1. The van der Waals surface area contributed by atoms with Crippen LogP contribution in [0, 0.1) is 0 Å². The number of aromatic nitrogens is 1. The molecule has 9 aromatic carbocycles. The zero-order valence-electron chi connectivity index (χ0n) is 30.3. The highest BCUT2D eigenvalue weighted by Crippen LogP contribution is 2.41. The van der Waals surface area contributed by atoms with Gasteiger partial charge >= 0.3 is 0 Å². The summed E-state index contributed by atoms with van der Waals surface area (Å²) >= 11 is 0. The molecular formula is C51H33N2O2Si. The van der Waals surface area contributed by atoms with Gasteiger partial charge in [-0.1, -0.05) is 144 Å². The first-order valence-corrected chi connectivity index (χ1v) is 20.4. The Morgan fingerprint density at radius 2 is 1.00 bits per heavy atom. The molecule has 0 atom stereocenters. The summed E-state index contributed by atoms with van der Waals surface area (Å²) < 4.78 is 12.9. The van der Waals surface area contributed by atoms with Gasteiger partial charge in [-0.15, -0.1) is 0 Å². The maximum absolute atomic E-state index is 6.62. The summed E-state index contributed by atoms with van der Waals surface area (Å²) in [5, 5.41) is 10.6. The van der Waals surface area contributed by atoms with E-state index in [4.69, 9.17) is 13.8 Å². The average Bonchev–Trinajstić information content (AvgIpc) is 3.87. The quantitative estimate of drug-likeness (QED) is 0.0929. The second kappa shape index (κ2) is 13.3. The van der Waals surface area contributed by atoms with Crippen LogP contribution in [0.5, 0.6) is 0 Å². The Morgan fingerprint density at radius 1 is 0.411 bits per heavy atom. The number of furan rings is 1. The molecule has 0 saturated heterocycles. The Morgan fingerprint density at radius 3 is 1.79 bits per heavy atom. The van der Waals surface area contributed by atoms with E-state index in [2.05, 4.69) is 163 Å². The van der Waals surface area contributed by atoms with Gasteiger partial charge in [-0.3, -0.25) is 0 Å². The zero-order valence-corrected chi connectivity index (χ0v) is 31.3. The Hall–Kier alpha value is -7.21. The van der Waals surface area contributed by atoms with Crippen molar-refractivity contribution in [3.63, 3.8) is 0 Å². The molecule has 4 nitrogen and oxygen atoms in total. The molecule has 0 aliphatic carbocycles. The highest BCUT2D eigenvalue weighted by Gasteiger charge is 2.23. The Bertz CT molecular complexity index is 3170. The summed E-state index contributed by atoms with van der Waals surface area (Å²) in [7, 11) is -1.32. The Labute approximate surface area is 325 Å². The van der Waals surface area contributed by atoms with E-state index in [1.807, 2.05) is 42.5 Å². The Kier molecular flexibility index (Phi) is 7.64. The number of fused-ring (bicyclic) bond motifs is 8. The minimum atomic E-state index is -1.32. The fraction of sp³-hybridized carbons (Fsp3) is 0. The third-order valence-corrected chi connectivity index (χ3v) is 13.5. The van der Waals surface area contributed by atoms with Gasteiger partial charge in [0.1, 0.15) is 16.7 Å². The smallest absolute Gasteiger partial charge is 0.227 e. The van der Waals surface area contributed by atoms with Crippen molar-refractivity contribution in [1.82, 2.24) is 4.98 Å². The third-order valence-electron chi connectivity index (χ3n) is 10.8. The van der Waals surface area contributed by atoms with Crippen LogP contribution in [-0.4, -0.2) is 13.8 Å². The molecule has 11 aromatic rings. The zero-order chi connectivity index (χ0) is 37.0. The molecule has 0 aliphatic heterocycles. The van der Waals surface area contributed by atoms with E-state index in [1.54, 1.807) is 0 Å².